The second-order valence-electron chi connectivity index (χ2n) is 8.68. The highest BCUT2D eigenvalue weighted by Crippen LogP contribution is 2.39. The first kappa shape index (κ1) is 21.2. The van der Waals surface area contributed by atoms with E-state index in [2.05, 4.69) is 45.1 Å². The summed E-state index contributed by atoms with van der Waals surface area (Å²) >= 11 is 0. The van der Waals surface area contributed by atoms with Gasteiger partial charge in [-0.3, -0.25) is 0 Å². The summed E-state index contributed by atoms with van der Waals surface area (Å²) in [5, 5.41) is 9.91. The molecule has 156 valence electrons. The van der Waals surface area contributed by atoms with Gasteiger partial charge in [0.25, 0.3) is 0 Å². The summed E-state index contributed by atoms with van der Waals surface area (Å²) in [4.78, 5) is 11.5. The molecule has 0 saturated heterocycles. The van der Waals surface area contributed by atoms with Crippen LogP contribution in [0.5, 0.6) is 0 Å². The number of carbonyl (C=O) groups excluding carboxylic acids is 1. The predicted octanol–water partition coefficient (Wildman–Crippen LogP) is 6.46. The molecular formula is C25H32O4. The number of ether oxygens (including phenoxy) is 1. The predicted molar refractivity (Wildman–Crippen MR) is 114 cm³/mol. The van der Waals surface area contributed by atoms with Crippen molar-refractivity contribution in [3.63, 3.8) is 0 Å². The molecule has 2 unspecified atom stereocenters. The van der Waals surface area contributed by atoms with E-state index in [1.807, 2.05) is 12.3 Å². The van der Waals surface area contributed by atoms with Gasteiger partial charge in [-0.15, -0.1) is 0 Å². The topological polar surface area (TPSA) is 59.7 Å². The number of aryl methyl sites for hydroxylation is 1. The number of furan rings is 1. The molecule has 2 atom stereocenters. The average molecular weight is 397 g/mol. The maximum Gasteiger partial charge on any atom is 0.343 e. The molecule has 1 aliphatic heterocycles. The lowest BCUT2D eigenvalue weighted by Crippen LogP contribution is -2.23. The Balaban J connectivity index is 1.49. The van der Waals surface area contributed by atoms with Gasteiger partial charge in [0.15, 0.2) is 11.5 Å². The van der Waals surface area contributed by atoms with E-state index in [0.29, 0.717) is 5.76 Å². The highest BCUT2D eigenvalue weighted by atomic mass is 16.6. The van der Waals surface area contributed by atoms with E-state index in [9.17, 15) is 9.90 Å². The van der Waals surface area contributed by atoms with Crippen LogP contribution >= 0.6 is 0 Å². The van der Waals surface area contributed by atoms with Crippen LogP contribution in [0, 0.1) is 5.92 Å². The summed E-state index contributed by atoms with van der Waals surface area (Å²) in [7, 11) is 0. The molecule has 0 bridgehead atoms. The van der Waals surface area contributed by atoms with Gasteiger partial charge < -0.3 is 14.3 Å². The maximum atomic E-state index is 11.5. The third-order valence-corrected chi connectivity index (χ3v) is 6.02. The number of esters is 1. The van der Waals surface area contributed by atoms with Crippen molar-refractivity contribution in [2.24, 2.45) is 5.92 Å². The summed E-state index contributed by atoms with van der Waals surface area (Å²) in [6, 6.07) is 2.10. The molecule has 4 heteroatoms. The highest BCUT2D eigenvalue weighted by Gasteiger charge is 2.32. The molecule has 0 amide bonds. The van der Waals surface area contributed by atoms with Crippen LogP contribution in [0.2, 0.25) is 0 Å². The zero-order valence-corrected chi connectivity index (χ0v) is 18.0. The summed E-state index contributed by atoms with van der Waals surface area (Å²) in [6.45, 7) is 8.06. The Bertz CT molecular complexity index is 880. The van der Waals surface area contributed by atoms with Crippen LogP contribution in [0.1, 0.15) is 71.1 Å². The molecule has 3 rings (SSSR count). The normalized spacial score (nSPS) is 25.0. The molecule has 1 N–H and O–H groups in total. The minimum absolute atomic E-state index is 0.0130. The molecular weight excluding hydrogens is 364 g/mol. The molecule has 0 radical (unpaired) electrons. The highest BCUT2D eigenvalue weighted by molar-refractivity contribution is 5.93. The quantitative estimate of drug-likeness (QED) is 0.425. The second-order valence-corrected chi connectivity index (χ2v) is 8.68. The lowest BCUT2D eigenvalue weighted by atomic mass is 9.75. The minimum atomic E-state index is -0.458. The largest absolute Gasteiger partial charge is 0.504 e. The van der Waals surface area contributed by atoms with Crippen LogP contribution in [0.3, 0.4) is 0 Å². The zero-order valence-electron chi connectivity index (χ0n) is 18.0. The van der Waals surface area contributed by atoms with Gasteiger partial charge >= 0.3 is 5.97 Å². The average Bonchev–Trinajstić information content (AvgIpc) is 3.24. The molecule has 2 aliphatic rings. The van der Waals surface area contributed by atoms with Crippen LogP contribution in [-0.2, 0) is 21.4 Å². The van der Waals surface area contributed by atoms with Gasteiger partial charge in [-0.2, -0.15) is 0 Å². The van der Waals surface area contributed by atoms with E-state index in [1.54, 1.807) is 6.92 Å². The number of hydrogen-bond acceptors (Lipinski definition) is 4. The Hall–Kier alpha value is -2.49. The van der Waals surface area contributed by atoms with Crippen LogP contribution < -0.4 is 0 Å². The first-order valence-corrected chi connectivity index (χ1v) is 10.6. The monoisotopic (exact) mass is 396 g/mol. The first-order chi connectivity index (χ1) is 13.8. The molecule has 2 heterocycles. The number of aliphatic hydroxyl groups excluding tert-OH is 1. The number of cyclic esters (lactones) is 1. The second kappa shape index (κ2) is 8.89. The first-order valence-electron chi connectivity index (χ1n) is 10.6. The standard InChI is InChI=1S/C25H32O4/c1-17(8-5-9-18(2)16-21-22(26)19(3)24(27)29-21)10-6-13-25(4)14-7-11-20-12-15-28-23(20)25/h6,10,12-13,15-16,18,26H,5,7-9,11,14H2,1-4H3. The van der Waals surface area contributed by atoms with Crippen LogP contribution in [-0.4, -0.2) is 11.1 Å². The van der Waals surface area contributed by atoms with E-state index in [1.165, 1.54) is 17.6 Å². The SMILES string of the molecule is CC(=CC=CC1(C)CCCc2ccoc21)CCCC(C)C=C1OC(=O)C(C)=C1O. The Morgan fingerprint density at radius 2 is 2.21 bits per heavy atom. The Morgan fingerprint density at radius 1 is 1.41 bits per heavy atom. The van der Waals surface area contributed by atoms with Crippen molar-refractivity contribution in [3.05, 3.63) is 70.6 Å². The number of carbonyl (C=O) groups is 1. The van der Waals surface area contributed by atoms with Crippen molar-refractivity contribution in [2.45, 2.75) is 71.6 Å². The van der Waals surface area contributed by atoms with Gasteiger partial charge in [0.05, 0.1) is 11.8 Å². The van der Waals surface area contributed by atoms with E-state index < -0.39 is 5.97 Å². The fourth-order valence-electron chi connectivity index (χ4n) is 4.12. The van der Waals surface area contributed by atoms with Crippen molar-refractivity contribution in [1.29, 1.82) is 0 Å². The smallest absolute Gasteiger partial charge is 0.343 e. The Kier molecular flexibility index (Phi) is 6.51. The number of allylic oxidation sites excluding steroid dienone is 5. The summed E-state index contributed by atoms with van der Waals surface area (Å²) in [5.41, 5.74) is 2.95. The van der Waals surface area contributed by atoms with Gasteiger partial charge in [-0.05, 0) is 82.9 Å². The fourth-order valence-corrected chi connectivity index (χ4v) is 4.12. The van der Waals surface area contributed by atoms with Crippen molar-refractivity contribution < 1.29 is 19.1 Å². The van der Waals surface area contributed by atoms with Crippen LogP contribution in [0.25, 0.3) is 0 Å². The van der Waals surface area contributed by atoms with Gasteiger partial charge in [0, 0.05) is 5.41 Å². The van der Waals surface area contributed by atoms with Crippen molar-refractivity contribution in [3.8, 4) is 0 Å². The molecule has 1 aromatic rings. The number of hydrogen-bond donors (Lipinski definition) is 1. The van der Waals surface area contributed by atoms with Crippen molar-refractivity contribution in [2.75, 3.05) is 0 Å². The third kappa shape index (κ3) is 4.92. The summed E-state index contributed by atoms with van der Waals surface area (Å²) < 4.78 is 10.9. The van der Waals surface area contributed by atoms with Crippen molar-refractivity contribution in [1.82, 2.24) is 0 Å². The third-order valence-electron chi connectivity index (χ3n) is 6.02. The Labute approximate surface area is 173 Å². The van der Waals surface area contributed by atoms with E-state index in [0.717, 1.165) is 37.9 Å². The van der Waals surface area contributed by atoms with Gasteiger partial charge in [-0.1, -0.05) is 30.7 Å². The minimum Gasteiger partial charge on any atom is -0.504 e. The number of rotatable bonds is 7. The molecule has 1 aromatic heterocycles. The van der Waals surface area contributed by atoms with E-state index in [-0.39, 0.29) is 22.7 Å². The van der Waals surface area contributed by atoms with Crippen LogP contribution in [0.15, 0.2) is 63.7 Å². The number of fused-ring (bicyclic) bond motifs is 1. The summed E-state index contributed by atoms with van der Waals surface area (Å²) in [6.07, 6.45) is 16.7. The Morgan fingerprint density at radius 3 is 2.93 bits per heavy atom. The maximum absolute atomic E-state index is 11.5. The van der Waals surface area contributed by atoms with Crippen LogP contribution in [0.4, 0.5) is 0 Å². The molecule has 0 aromatic carbocycles. The van der Waals surface area contributed by atoms with Gasteiger partial charge in [-0.25, -0.2) is 4.79 Å². The molecule has 1 aliphatic carbocycles. The summed E-state index contributed by atoms with van der Waals surface area (Å²) in [5.74, 6) is 1.16. The molecule has 29 heavy (non-hydrogen) atoms. The molecule has 0 fully saturated rings. The van der Waals surface area contributed by atoms with Gasteiger partial charge in [0.2, 0.25) is 0 Å². The van der Waals surface area contributed by atoms with E-state index >= 15 is 0 Å². The fraction of sp³-hybridized carbons (Fsp3) is 0.480. The molecule has 4 nitrogen and oxygen atoms in total. The van der Waals surface area contributed by atoms with E-state index in [4.69, 9.17) is 9.15 Å². The molecule has 0 spiro atoms. The lowest BCUT2D eigenvalue weighted by molar-refractivity contribution is -0.133. The zero-order chi connectivity index (χ0) is 21.0. The number of aliphatic hydroxyl groups is 1. The van der Waals surface area contributed by atoms with Gasteiger partial charge in [0.1, 0.15) is 5.76 Å². The van der Waals surface area contributed by atoms with Crippen molar-refractivity contribution >= 4 is 5.97 Å². The molecule has 0 saturated carbocycles. The lowest BCUT2D eigenvalue weighted by Gasteiger charge is -2.29.